The van der Waals surface area contributed by atoms with Crippen molar-refractivity contribution in [1.29, 1.82) is 0 Å². The molecule has 2 rings (SSSR count). The highest BCUT2D eigenvalue weighted by Crippen LogP contribution is 2.41. The molecule has 0 aromatic heterocycles. The number of hydrogen-bond donors (Lipinski definition) is 1. The molecule has 0 atom stereocenters. The van der Waals surface area contributed by atoms with Crippen molar-refractivity contribution in [2.75, 3.05) is 0 Å². The van der Waals surface area contributed by atoms with Crippen LogP contribution < -0.4 is 5.73 Å². The first kappa shape index (κ1) is 12.1. The zero-order valence-corrected chi connectivity index (χ0v) is 11.1. The minimum Gasteiger partial charge on any atom is -0.321 e. The molecule has 1 fully saturated rings. The van der Waals surface area contributed by atoms with Crippen molar-refractivity contribution in [2.24, 2.45) is 5.73 Å². The summed E-state index contributed by atoms with van der Waals surface area (Å²) in [5.41, 5.74) is 6.12. The van der Waals surface area contributed by atoms with E-state index in [2.05, 4.69) is 15.9 Å². The number of nitrogens with two attached hydrogens (primary N) is 1. The van der Waals surface area contributed by atoms with Crippen LogP contribution >= 0.6 is 15.9 Å². The van der Waals surface area contributed by atoms with Crippen LogP contribution in [0.4, 0.5) is 4.39 Å². The maximum absolute atomic E-state index is 13.7. The molecule has 1 aliphatic carbocycles. The summed E-state index contributed by atoms with van der Waals surface area (Å²) in [6.45, 7) is 1.67. The first-order chi connectivity index (χ1) is 7.41. The highest BCUT2D eigenvalue weighted by Gasteiger charge is 2.38. The van der Waals surface area contributed by atoms with Gasteiger partial charge in [-0.1, -0.05) is 28.1 Å². The summed E-state index contributed by atoms with van der Waals surface area (Å²) in [5.74, 6) is 0. The monoisotopic (exact) mass is 285 g/mol. The minimum absolute atomic E-state index is 0.341. The normalized spacial score (nSPS) is 35.0. The van der Waals surface area contributed by atoms with Gasteiger partial charge in [-0.15, -0.1) is 0 Å². The summed E-state index contributed by atoms with van der Waals surface area (Å²) < 4.78 is 14.8. The summed E-state index contributed by atoms with van der Waals surface area (Å²) >= 11 is 3.40. The lowest BCUT2D eigenvalue weighted by Crippen LogP contribution is -2.43. The third-order valence-corrected chi connectivity index (χ3v) is 4.13. The lowest BCUT2D eigenvalue weighted by molar-refractivity contribution is 0.0898. The van der Waals surface area contributed by atoms with E-state index < -0.39 is 5.67 Å². The second-order valence-electron chi connectivity index (χ2n) is 5.08. The first-order valence-corrected chi connectivity index (χ1v) is 6.45. The Bertz CT molecular complexity index is 362. The fraction of sp³-hybridized carbons (Fsp3) is 0.538. The van der Waals surface area contributed by atoms with E-state index in [1.165, 1.54) is 0 Å². The van der Waals surface area contributed by atoms with E-state index in [-0.39, 0.29) is 5.54 Å². The zero-order chi connectivity index (χ0) is 11.8. The van der Waals surface area contributed by atoms with E-state index in [0.29, 0.717) is 12.8 Å². The predicted octanol–water partition coefficient (Wildman–Crippen LogP) is 3.91. The highest BCUT2D eigenvalue weighted by atomic mass is 79.9. The fourth-order valence-electron chi connectivity index (χ4n) is 2.29. The number of rotatable bonds is 1. The molecule has 0 radical (unpaired) electrons. The van der Waals surface area contributed by atoms with Gasteiger partial charge >= 0.3 is 0 Å². The Morgan fingerprint density at radius 1 is 1.12 bits per heavy atom. The lowest BCUT2D eigenvalue weighted by atomic mass is 9.73. The SMILES string of the molecule is CC1(F)CCC(N)(c2ccc(Br)cc2)CC1. The molecular weight excluding hydrogens is 269 g/mol. The Balaban J connectivity index is 2.18. The van der Waals surface area contributed by atoms with Crippen LogP contribution in [0, 0.1) is 0 Å². The Kier molecular flexibility index (Phi) is 3.10. The van der Waals surface area contributed by atoms with Crippen LogP contribution in [0.2, 0.25) is 0 Å². The molecule has 0 amide bonds. The molecule has 2 N–H and O–H groups in total. The molecule has 0 bridgehead atoms. The van der Waals surface area contributed by atoms with E-state index in [1.54, 1.807) is 6.92 Å². The lowest BCUT2D eigenvalue weighted by Gasteiger charge is -2.39. The van der Waals surface area contributed by atoms with Gasteiger partial charge in [0.15, 0.2) is 0 Å². The molecule has 16 heavy (non-hydrogen) atoms. The van der Waals surface area contributed by atoms with Crippen molar-refractivity contribution in [3.8, 4) is 0 Å². The molecule has 0 spiro atoms. The fourth-order valence-corrected chi connectivity index (χ4v) is 2.55. The van der Waals surface area contributed by atoms with Gasteiger partial charge in [-0.3, -0.25) is 0 Å². The Labute approximate surface area is 104 Å². The summed E-state index contributed by atoms with van der Waals surface area (Å²) in [7, 11) is 0. The number of benzene rings is 1. The Morgan fingerprint density at radius 3 is 2.12 bits per heavy atom. The molecule has 3 heteroatoms. The number of hydrogen-bond acceptors (Lipinski definition) is 1. The van der Waals surface area contributed by atoms with Crippen LogP contribution in [0.25, 0.3) is 0 Å². The van der Waals surface area contributed by atoms with Crippen molar-refractivity contribution in [3.63, 3.8) is 0 Å². The highest BCUT2D eigenvalue weighted by molar-refractivity contribution is 9.10. The molecule has 0 aliphatic heterocycles. The maximum Gasteiger partial charge on any atom is 0.108 e. The molecule has 0 saturated heterocycles. The van der Waals surface area contributed by atoms with Gasteiger partial charge in [0.25, 0.3) is 0 Å². The summed E-state index contributed by atoms with van der Waals surface area (Å²) in [6.07, 6.45) is 2.56. The van der Waals surface area contributed by atoms with Crippen LogP contribution in [0.1, 0.15) is 38.2 Å². The largest absolute Gasteiger partial charge is 0.321 e. The molecular formula is C13H17BrFN. The van der Waals surface area contributed by atoms with Crippen molar-refractivity contribution >= 4 is 15.9 Å². The van der Waals surface area contributed by atoms with Crippen LogP contribution in [0.5, 0.6) is 0 Å². The van der Waals surface area contributed by atoms with Gasteiger partial charge in [0.05, 0.1) is 0 Å². The molecule has 0 heterocycles. The van der Waals surface area contributed by atoms with Crippen LogP contribution in [0.15, 0.2) is 28.7 Å². The quantitative estimate of drug-likeness (QED) is 0.832. The van der Waals surface area contributed by atoms with Gasteiger partial charge in [-0.2, -0.15) is 0 Å². The standard InChI is InChI=1S/C13H17BrFN/c1-12(15)6-8-13(16,9-7-12)10-2-4-11(14)5-3-10/h2-5H,6-9,16H2,1H3. The molecule has 1 nitrogen and oxygen atoms in total. The van der Waals surface area contributed by atoms with E-state index in [1.807, 2.05) is 24.3 Å². The molecule has 1 aromatic carbocycles. The second-order valence-corrected chi connectivity index (χ2v) is 5.99. The van der Waals surface area contributed by atoms with Gasteiger partial charge in [-0.25, -0.2) is 4.39 Å². The van der Waals surface area contributed by atoms with Crippen LogP contribution in [0.3, 0.4) is 0 Å². The van der Waals surface area contributed by atoms with Crippen LogP contribution in [-0.2, 0) is 5.54 Å². The van der Waals surface area contributed by atoms with Gasteiger partial charge in [0.2, 0.25) is 0 Å². The molecule has 1 aromatic rings. The predicted molar refractivity (Wildman–Crippen MR) is 68.0 cm³/mol. The smallest absolute Gasteiger partial charge is 0.108 e. The van der Waals surface area contributed by atoms with Gasteiger partial charge < -0.3 is 5.73 Å². The van der Waals surface area contributed by atoms with E-state index in [0.717, 1.165) is 22.9 Å². The van der Waals surface area contributed by atoms with E-state index in [9.17, 15) is 4.39 Å². The number of alkyl halides is 1. The number of halogens is 2. The van der Waals surface area contributed by atoms with Gasteiger partial charge in [0.1, 0.15) is 5.67 Å². The van der Waals surface area contributed by atoms with Gasteiger partial charge in [0, 0.05) is 10.0 Å². The van der Waals surface area contributed by atoms with Crippen LogP contribution in [-0.4, -0.2) is 5.67 Å². The summed E-state index contributed by atoms with van der Waals surface area (Å²) in [5, 5.41) is 0. The minimum atomic E-state index is -1.03. The third-order valence-electron chi connectivity index (χ3n) is 3.60. The Morgan fingerprint density at radius 2 is 1.62 bits per heavy atom. The summed E-state index contributed by atoms with van der Waals surface area (Å²) in [6, 6.07) is 8.05. The van der Waals surface area contributed by atoms with Crippen molar-refractivity contribution < 1.29 is 4.39 Å². The zero-order valence-electron chi connectivity index (χ0n) is 9.47. The topological polar surface area (TPSA) is 26.0 Å². The third kappa shape index (κ3) is 2.46. The average molecular weight is 286 g/mol. The molecule has 0 unspecified atom stereocenters. The van der Waals surface area contributed by atoms with Gasteiger partial charge in [-0.05, 0) is 50.3 Å². The second kappa shape index (κ2) is 4.11. The van der Waals surface area contributed by atoms with E-state index >= 15 is 0 Å². The molecule has 88 valence electrons. The summed E-state index contributed by atoms with van der Waals surface area (Å²) in [4.78, 5) is 0. The average Bonchev–Trinajstić information content (AvgIpc) is 2.24. The molecule has 1 aliphatic rings. The maximum atomic E-state index is 13.7. The Hall–Kier alpha value is -0.410. The molecule has 1 saturated carbocycles. The van der Waals surface area contributed by atoms with Crippen molar-refractivity contribution in [3.05, 3.63) is 34.3 Å². The first-order valence-electron chi connectivity index (χ1n) is 5.65. The van der Waals surface area contributed by atoms with E-state index in [4.69, 9.17) is 5.73 Å². The van der Waals surface area contributed by atoms with Crippen molar-refractivity contribution in [2.45, 2.75) is 43.8 Å². The van der Waals surface area contributed by atoms with Crippen molar-refractivity contribution in [1.82, 2.24) is 0 Å².